The van der Waals surface area contributed by atoms with Crippen LogP contribution in [0.4, 0.5) is 0 Å². The van der Waals surface area contributed by atoms with E-state index in [1.807, 2.05) is 27.7 Å². The Morgan fingerprint density at radius 1 is 1.21 bits per heavy atom. The van der Waals surface area contributed by atoms with Gasteiger partial charge in [-0.15, -0.1) is 0 Å². The predicted octanol–water partition coefficient (Wildman–Crippen LogP) is 3.73. The van der Waals surface area contributed by atoms with Crippen LogP contribution in [0.3, 0.4) is 0 Å². The summed E-state index contributed by atoms with van der Waals surface area (Å²) in [6, 6.07) is 4.12. The first-order valence-electron chi connectivity index (χ1n) is 8.84. The van der Waals surface area contributed by atoms with Gasteiger partial charge in [-0.05, 0) is 70.1 Å². The zero-order valence-corrected chi connectivity index (χ0v) is 15.0. The maximum Gasteiger partial charge on any atom is 0.256 e. The summed E-state index contributed by atoms with van der Waals surface area (Å²) in [5.41, 5.74) is 3.95. The fourth-order valence-corrected chi connectivity index (χ4v) is 4.34. The van der Waals surface area contributed by atoms with Crippen LogP contribution in [-0.4, -0.2) is 29.3 Å². The Bertz CT molecular complexity index is 674. The molecule has 1 fully saturated rings. The van der Waals surface area contributed by atoms with Crippen LogP contribution in [0.5, 0.6) is 0 Å². The van der Waals surface area contributed by atoms with Gasteiger partial charge in [0.25, 0.3) is 5.91 Å². The number of nitrogens with one attached hydrogen (secondary N) is 1. The molecule has 1 aromatic carbocycles. The first-order chi connectivity index (χ1) is 11.4. The first-order valence-corrected chi connectivity index (χ1v) is 8.84. The number of carbonyl (C=O) groups is 1. The van der Waals surface area contributed by atoms with Crippen molar-refractivity contribution in [2.45, 2.75) is 65.0 Å². The molecule has 1 aliphatic carbocycles. The van der Waals surface area contributed by atoms with Crippen LogP contribution in [0.15, 0.2) is 17.9 Å². The normalized spacial score (nSPS) is 27.0. The van der Waals surface area contributed by atoms with Crippen LogP contribution in [0, 0.1) is 20.8 Å². The number of ether oxygens (including phenoxy) is 1. The molecule has 1 aliphatic heterocycles. The lowest BCUT2D eigenvalue weighted by molar-refractivity contribution is -0.116. The maximum absolute atomic E-state index is 12.7. The molecule has 4 nitrogen and oxygen atoms in total. The molecule has 3 rings (SSSR count). The highest BCUT2D eigenvalue weighted by molar-refractivity contribution is 6.24. The molecule has 1 amide bonds. The first kappa shape index (κ1) is 17.0. The number of amides is 1. The van der Waals surface area contributed by atoms with E-state index < -0.39 is 5.54 Å². The molecule has 0 saturated heterocycles. The number of hydrogen-bond donors (Lipinski definition) is 2. The van der Waals surface area contributed by atoms with Gasteiger partial charge in [0.1, 0.15) is 5.76 Å². The van der Waals surface area contributed by atoms with Gasteiger partial charge >= 0.3 is 0 Å². The molecule has 0 radical (unpaired) electrons. The third-order valence-electron chi connectivity index (χ3n) is 5.39. The predicted molar refractivity (Wildman–Crippen MR) is 95.0 cm³/mol. The number of rotatable bonds is 3. The second-order valence-electron chi connectivity index (χ2n) is 7.19. The summed E-state index contributed by atoms with van der Waals surface area (Å²) in [5, 5.41) is 14.1. The Hall–Kier alpha value is -1.81. The highest BCUT2D eigenvalue weighted by atomic mass is 16.5. The number of aliphatic hydroxyl groups is 1. The Morgan fingerprint density at radius 3 is 2.33 bits per heavy atom. The van der Waals surface area contributed by atoms with Crippen LogP contribution in [0.1, 0.15) is 54.9 Å². The summed E-state index contributed by atoms with van der Waals surface area (Å²) < 4.78 is 5.70. The standard InChI is InChI=1S/C20H27NO3/c1-5-24-15-6-8-20(9-7-15)18(22)17(19(23)21-20)16-13(3)10-12(2)11-14(16)4/h10-11,15,22H,5-9H2,1-4H3,(H,21,23). The molecule has 1 spiro atoms. The van der Waals surface area contributed by atoms with Crippen LogP contribution in [0.2, 0.25) is 0 Å². The minimum atomic E-state index is -0.607. The molecule has 0 unspecified atom stereocenters. The van der Waals surface area contributed by atoms with Gasteiger partial charge in [0.2, 0.25) is 0 Å². The van der Waals surface area contributed by atoms with Crippen molar-refractivity contribution in [1.82, 2.24) is 5.32 Å². The van der Waals surface area contributed by atoms with E-state index in [4.69, 9.17) is 4.74 Å². The number of hydrogen-bond acceptors (Lipinski definition) is 3. The van der Waals surface area contributed by atoms with Gasteiger partial charge in [-0.3, -0.25) is 4.79 Å². The summed E-state index contributed by atoms with van der Waals surface area (Å²) >= 11 is 0. The van der Waals surface area contributed by atoms with Crippen molar-refractivity contribution in [3.05, 3.63) is 40.1 Å². The number of benzene rings is 1. The Balaban J connectivity index is 1.98. The van der Waals surface area contributed by atoms with Crippen molar-refractivity contribution < 1.29 is 14.6 Å². The third kappa shape index (κ3) is 2.73. The molecule has 1 aromatic rings. The van der Waals surface area contributed by atoms with E-state index in [1.54, 1.807) is 0 Å². The quantitative estimate of drug-likeness (QED) is 0.888. The van der Waals surface area contributed by atoms with E-state index in [9.17, 15) is 9.90 Å². The molecule has 1 heterocycles. The monoisotopic (exact) mass is 329 g/mol. The van der Waals surface area contributed by atoms with Crippen LogP contribution < -0.4 is 5.32 Å². The highest BCUT2D eigenvalue weighted by Gasteiger charge is 2.48. The van der Waals surface area contributed by atoms with E-state index in [2.05, 4.69) is 17.4 Å². The highest BCUT2D eigenvalue weighted by Crippen LogP contribution is 2.43. The van der Waals surface area contributed by atoms with Gasteiger partial charge in [-0.25, -0.2) is 0 Å². The molecule has 24 heavy (non-hydrogen) atoms. The van der Waals surface area contributed by atoms with E-state index >= 15 is 0 Å². The average molecular weight is 329 g/mol. The number of aliphatic hydroxyl groups excluding tert-OH is 1. The van der Waals surface area contributed by atoms with Gasteiger partial charge in [-0.1, -0.05) is 17.7 Å². The smallest absolute Gasteiger partial charge is 0.256 e. The molecule has 2 aliphatic rings. The Kier molecular flexibility index (Phi) is 4.43. The lowest BCUT2D eigenvalue weighted by atomic mass is 9.79. The Labute approximate surface area is 143 Å². The van der Waals surface area contributed by atoms with Crippen molar-refractivity contribution in [1.29, 1.82) is 0 Å². The largest absolute Gasteiger partial charge is 0.509 e. The molecule has 2 N–H and O–H groups in total. The van der Waals surface area contributed by atoms with Crippen molar-refractivity contribution in [3.8, 4) is 0 Å². The fraction of sp³-hybridized carbons (Fsp3) is 0.550. The van der Waals surface area contributed by atoms with Crippen LogP contribution in [-0.2, 0) is 9.53 Å². The minimum Gasteiger partial charge on any atom is -0.509 e. The Morgan fingerprint density at radius 2 is 1.79 bits per heavy atom. The second kappa shape index (κ2) is 6.25. The summed E-state index contributed by atoms with van der Waals surface area (Å²) in [6.45, 7) is 8.75. The second-order valence-corrected chi connectivity index (χ2v) is 7.19. The average Bonchev–Trinajstić information content (AvgIpc) is 2.74. The van der Waals surface area contributed by atoms with E-state index in [0.717, 1.165) is 42.4 Å². The molecule has 0 aromatic heterocycles. The van der Waals surface area contributed by atoms with Gasteiger partial charge in [0.15, 0.2) is 0 Å². The summed E-state index contributed by atoms with van der Waals surface area (Å²) in [5.74, 6) is 0.0647. The van der Waals surface area contributed by atoms with Crippen LogP contribution in [0.25, 0.3) is 5.57 Å². The number of carbonyl (C=O) groups excluding carboxylic acids is 1. The lowest BCUT2D eigenvalue weighted by Crippen LogP contribution is -2.48. The van der Waals surface area contributed by atoms with E-state index in [-0.39, 0.29) is 17.8 Å². The molecule has 1 saturated carbocycles. The fourth-order valence-electron chi connectivity index (χ4n) is 4.34. The lowest BCUT2D eigenvalue weighted by Gasteiger charge is -2.37. The molecule has 4 heteroatoms. The topological polar surface area (TPSA) is 58.6 Å². The molecule has 130 valence electrons. The molecular formula is C20H27NO3. The SMILES string of the molecule is CCOC1CCC2(CC1)NC(=O)C(c1c(C)cc(C)cc1C)=C2O. The third-order valence-corrected chi connectivity index (χ3v) is 5.39. The van der Waals surface area contributed by atoms with E-state index in [1.165, 1.54) is 5.56 Å². The van der Waals surface area contributed by atoms with Crippen LogP contribution >= 0.6 is 0 Å². The maximum atomic E-state index is 12.7. The van der Waals surface area contributed by atoms with Gasteiger partial charge in [-0.2, -0.15) is 0 Å². The van der Waals surface area contributed by atoms with Gasteiger partial charge in [0, 0.05) is 6.61 Å². The van der Waals surface area contributed by atoms with Crippen molar-refractivity contribution in [3.63, 3.8) is 0 Å². The van der Waals surface area contributed by atoms with Gasteiger partial charge < -0.3 is 15.2 Å². The number of aryl methyl sites for hydroxylation is 3. The van der Waals surface area contributed by atoms with E-state index in [0.29, 0.717) is 12.2 Å². The van der Waals surface area contributed by atoms with Crippen molar-refractivity contribution >= 4 is 11.5 Å². The van der Waals surface area contributed by atoms with Gasteiger partial charge in [0.05, 0.1) is 17.2 Å². The molecular weight excluding hydrogens is 302 g/mol. The zero-order chi connectivity index (χ0) is 17.5. The summed E-state index contributed by atoms with van der Waals surface area (Å²) in [6.07, 6.45) is 3.40. The summed E-state index contributed by atoms with van der Waals surface area (Å²) in [4.78, 5) is 12.7. The van der Waals surface area contributed by atoms with Crippen molar-refractivity contribution in [2.24, 2.45) is 0 Å². The van der Waals surface area contributed by atoms with Crippen molar-refractivity contribution in [2.75, 3.05) is 6.61 Å². The zero-order valence-electron chi connectivity index (χ0n) is 15.0. The molecule has 0 bridgehead atoms. The molecule has 0 atom stereocenters. The summed E-state index contributed by atoms with van der Waals surface area (Å²) in [7, 11) is 0. The minimum absolute atomic E-state index is 0.155.